The van der Waals surface area contributed by atoms with E-state index in [0.717, 1.165) is 22.4 Å². The number of thiocarbonyl (C=S) groups is 1. The van der Waals surface area contributed by atoms with Crippen LogP contribution in [-0.4, -0.2) is 25.2 Å². The Morgan fingerprint density at radius 2 is 1.90 bits per heavy atom. The van der Waals surface area contributed by atoms with Crippen LogP contribution in [0.15, 0.2) is 48.5 Å². The van der Waals surface area contributed by atoms with E-state index in [4.69, 9.17) is 18.0 Å². The van der Waals surface area contributed by atoms with E-state index in [1.807, 2.05) is 55.5 Å². The first-order chi connectivity index (χ1) is 10.1. The van der Waals surface area contributed by atoms with Crippen molar-refractivity contribution < 1.29 is 0 Å². The van der Waals surface area contributed by atoms with Gasteiger partial charge in [0.15, 0.2) is 0 Å². The Morgan fingerprint density at radius 1 is 1.14 bits per heavy atom. The third-order valence-electron chi connectivity index (χ3n) is 3.08. The lowest BCUT2D eigenvalue weighted by molar-refractivity contribution is 0.718. The highest BCUT2D eigenvalue weighted by atomic mass is 32.1. The molecule has 0 unspecified atom stereocenters. The second kappa shape index (κ2) is 5.41. The SMILES string of the molecule is Cc1ccc(C(N)=S)c(-n2nnc(-c3ccccc3)n2)c1. The van der Waals surface area contributed by atoms with Crippen molar-refractivity contribution in [3.05, 3.63) is 59.7 Å². The monoisotopic (exact) mass is 295 g/mol. The fourth-order valence-electron chi connectivity index (χ4n) is 2.03. The number of aromatic nitrogens is 4. The first-order valence-corrected chi connectivity index (χ1v) is 6.82. The van der Waals surface area contributed by atoms with Gasteiger partial charge in [-0.25, -0.2) is 0 Å². The molecule has 3 rings (SSSR count). The topological polar surface area (TPSA) is 69.6 Å². The van der Waals surface area contributed by atoms with Gasteiger partial charge in [-0.2, -0.15) is 0 Å². The minimum absolute atomic E-state index is 0.309. The van der Waals surface area contributed by atoms with Crippen LogP contribution in [0, 0.1) is 6.92 Å². The smallest absolute Gasteiger partial charge is 0.205 e. The van der Waals surface area contributed by atoms with E-state index in [2.05, 4.69) is 15.4 Å². The summed E-state index contributed by atoms with van der Waals surface area (Å²) in [5.41, 5.74) is 9.21. The Bertz CT molecular complexity index is 795. The summed E-state index contributed by atoms with van der Waals surface area (Å²) < 4.78 is 0. The van der Waals surface area contributed by atoms with Crippen molar-refractivity contribution in [3.8, 4) is 17.1 Å². The first-order valence-electron chi connectivity index (χ1n) is 6.41. The zero-order valence-corrected chi connectivity index (χ0v) is 12.2. The molecule has 0 saturated heterocycles. The zero-order valence-electron chi connectivity index (χ0n) is 11.4. The highest BCUT2D eigenvalue weighted by Gasteiger charge is 2.12. The molecule has 1 heterocycles. The van der Waals surface area contributed by atoms with E-state index in [1.54, 1.807) is 0 Å². The molecule has 2 N–H and O–H groups in total. The van der Waals surface area contributed by atoms with Gasteiger partial charge in [0.05, 0.1) is 5.69 Å². The molecule has 0 radical (unpaired) electrons. The standard InChI is InChI=1S/C15H13N5S/c1-10-7-8-12(14(16)21)13(9-10)20-18-15(17-19-20)11-5-3-2-4-6-11/h2-9H,1H3,(H2,16,21). The molecule has 0 amide bonds. The van der Waals surface area contributed by atoms with Crippen LogP contribution in [0.1, 0.15) is 11.1 Å². The number of aryl methyl sites for hydroxylation is 1. The fourth-order valence-corrected chi connectivity index (χ4v) is 2.21. The van der Waals surface area contributed by atoms with Gasteiger partial charge in [-0.3, -0.25) is 0 Å². The van der Waals surface area contributed by atoms with Gasteiger partial charge in [0.2, 0.25) is 5.82 Å². The van der Waals surface area contributed by atoms with E-state index in [9.17, 15) is 0 Å². The highest BCUT2D eigenvalue weighted by Crippen LogP contribution is 2.17. The minimum Gasteiger partial charge on any atom is -0.389 e. The molecule has 0 aliphatic carbocycles. The van der Waals surface area contributed by atoms with Gasteiger partial charge >= 0.3 is 0 Å². The van der Waals surface area contributed by atoms with Crippen LogP contribution in [0.2, 0.25) is 0 Å². The molecule has 0 aliphatic heterocycles. The maximum Gasteiger partial charge on any atom is 0.205 e. The Kier molecular flexibility index (Phi) is 3.45. The van der Waals surface area contributed by atoms with E-state index >= 15 is 0 Å². The summed E-state index contributed by atoms with van der Waals surface area (Å²) in [4.78, 5) is 1.77. The molecule has 2 aromatic carbocycles. The summed E-state index contributed by atoms with van der Waals surface area (Å²) in [6, 6.07) is 15.4. The summed E-state index contributed by atoms with van der Waals surface area (Å²) in [5.74, 6) is 0.561. The minimum atomic E-state index is 0.309. The average molecular weight is 295 g/mol. The average Bonchev–Trinajstić information content (AvgIpc) is 2.97. The van der Waals surface area contributed by atoms with Crippen molar-refractivity contribution in [3.63, 3.8) is 0 Å². The Morgan fingerprint density at radius 3 is 2.62 bits per heavy atom. The van der Waals surface area contributed by atoms with Gasteiger partial charge in [-0.05, 0) is 29.8 Å². The van der Waals surface area contributed by atoms with Gasteiger partial charge in [-0.15, -0.1) is 15.0 Å². The molecule has 0 saturated carbocycles. The number of nitrogens with zero attached hydrogens (tertiary/aromatic N) is 4. The second-order valence-corrected chi connectivity index (χ2v) is 5.09. The fraction of sp³-hybridized carbons (Fsp3) is 0.0667. The molecule has 104 valence electrons. The van der Waals surface area contributed by atoms with E-state index < -0.39 is 0 Å². The van der Waals surface area contributed by atoms with Crippen molar-refractivity contribution >= 4 is 17.2 Å². The molecular formula is C15H13N5S. The van der Waals surface area contributed by atoms with E-state index in [0.29, 0.717) is 10.8 Å². The maximum absolute atomic E-state index is 5.76. The predicted molar refractivity (Wildman–Crippen MR) is 85.2 cm³/mol. The number of rotatable bonds is 3. The number of hydrogen-bond donors (Lipinski definition) is 1. The van der Waals surface area contributed by atoms with Crippen molar-refractivity contribution in [1.82, 2.24) is 20.2 Å². The third-order valence-corrected chi connectivity index (χ3v) is 3.30. The second-order valence-electron chi connectivity index (χ2n) is 4.65. The zero-order chi connectivity index (χ0) is 14.8. The van der Waals surface area contributed by atoms with Crippen LogP contribution in [-0.2, 0) is 0 Å². The van der Waals surface area contributed by atoms with Crippen LogP contribution in [0.4, 0.5) is 0 Å². The summed E-state index contributed by atoms with van der Waals surface area (Å²) >= 11 is 5.08. The van der Waals surface area contributed by atoms with Crippen LogP contribution in [0.25, 0.3) is 17.1 Å². The Hall–Kier alpha value is -2.60. The number of benzene rings is 2. The normalized spacial score (nSPS) is 10.5. The summed E-state index contributed by atoms with van der Waals surface area (Å²) in [6.45, 7) is 1.99. The molecular weight excluding hydrogens is 282 g/mol. The largest absolute Gasteiger partial charge is 0.389 e. The molecule has 0 spiro atoms. The van der Waals surface area contributed by atoms with Crippen LogP contribution in [0.3, 0.4) is 0 Å². The van der Waals surface area contributed by atoms with Crippen molar-refractivity contribution in [2.75, 3.05) is 0 Å². The van der Waals surface area contributed by atoms with E-state index in [1.165, 1.54) is 4.80 Å². The number of hydrogen-bond acceptors (Lipinski definition) is 4. The quantitative estimate of drug-likeness (QED) is 0.751. The highest BCUT2D eigenvalue weighted by molar-refractivity contribution is 7.80. The van der Waals surface area contributed by atoms with Crippen molar-refractivity contribution in [1.29, 1.82) is 0 Å². The molecule has 0 atom stereocenters. The number of nitrogens with two attached hydrogens (primary N) is 1. The van der Waals surface area contributed by atoms with Crippen molar-refractivity contribution in [2.24, 2.45) is 5.73 Å². The predicted octanol–water partition coefficient (Wildman–Crippen LogP) is 2.27. The van der Waals surface area contributed by atoms with Gasteiger partial charge in [-0.1, -0.05) is 48.6 Å². The van der Waals surface area contributed by atoms with Gasteiger partial charge in [0, 0.05) is 11.1 Å². The van der Waals surface area contributed by atoms with Gasteiger partial charge in [0.1, 0.15) is 4.99 Å². The van der Waals surface area contributed by atoms with Crippen LogP contribution in [0.5, 0.6) is 0 Å². The lowest BCUT2D eigenvalue weighted by atomic mass is 10.1. The van der Waals surface area contributed by atoms with Crippen LogP contribution >= 0.6 is 12.2 Å². The molecule has 0 aliphatic rings. The molecule has 21 heavy (non-hydrogen) atoms. The van der Waals surface area contributed by atoms with Gasteiger partial charge in [0.25, 0.3) is 0 Å². The van der Waals surface area contributed by atoms with Crippen LogP contribution < -0.4 is 5.73 Å². The molecule has 0 bridgehead atoms. The lowest BCUT2D eigenvalue weighted by Gasteiger charge is -2.07. The summed E-state index contributed by atoms with van der Waals surface area (Å²) in [7, 11) is 0. The van der Waals surface area contributed by atoms with E-state index in [-0.39, 0.29) is 0 Å². The number of tetrazole rings is 1. The Balaban J connectivity index is 2.08. The third kappa shape index (κ3) is 2.66. The lowest BCUT2D eigenvalue weighted by Crippen LogP contribution is -2.14. The summed E-state index contributed by atoms with van der Waals surface area (Å²) in [5, 5.41) is 12.6. The van der Waals surface area contributed by atoms with Crippen molar-refractivity contribution in [2.45, 2.75) is 6.92 Å². The maximum atomic E-state index is 5.76. The molecule has 5 nitrogen and oxygen atoms in total. The molecule has 0 fully saturated rings. The Labute approximate surface area is 127 Å². The van der Waals surface area contributed by atoms with Gasteiger partial charge < -0.3 is 5.73 Å². The molecule has 6 heteroatoms. The molecule has 3 aromatic rings. The molecule has 1 aromatic heterocycles. The first kappa shape index (κ1) is 13.4. The summed E-state index contributed by atoms with van der Waals surface area (Å²) in [6.07, 6.45) is 0.